The predicted molar refractivity (Wildman–Crippen MR) is 80.7 cm³/mol. The first-order chi connectivity index (χ1) is 9.96. The molecular weight excluding hydrogens is 290 g/mol. The number of nitrogens with one attached hydrogen (secondary N) is 2. The second kappa shape index (κ2) is 6.55. The summed E-state index contributed by atoms with van der Waals surface area (Å²) in [4.78, 5) is 11.7. The van der Waals surface area contributed by atoms with E-state index in [1.54, 1.807) is 7.05 Å². The first-order valence-electron chi connectivity index (χ1n) is 6.97. The van der Waals surface area contributed by atoms with Crippen molar-refractivity contribution in [3.63, 3.8) is 0 Å². The van der Waals surface area contributed by atoms with Gasteiger partial charge in [-0.25, -0.2) is 8.42 Å². The molecule has 1 aromatic rings. The Morgan fingerprint density at radius 3 is 2.33 bits per heavy atom. The fourth-order valence-electron chi connectivity index (χ4n) is 2.46. The molecule has 1 aromatic carbocycles. The number of hydrogen-bond donors (Lipinski definition) is 2. The van der Waals surface area contributed by atoms with E-state index >= 15 is 0 Å². The van der Waals surface area contributed by atoms with Gasteiger partial charge in [-0.1, -0.05) is 0 Å². The van der Waals surface area contributed by atoms with Crippen LogP contribution in [0.1, 0.15) is 23.2 Å². The fourth-order valence-corrected chi connectivity index (χ4v) is 3.87. The van der Waals surface area contributed by atoms with Crippen LogP contribution in [-0.2, 0) is 10.0 Å². The molecule has 1 amide bonds. The molecule has 2 rings (SSSR count). The smallest absolute Gasteiger partial charge is 0.251 e. The van der Waals surface area contributed by atoms with Gasteiger partial charge in [-0.3, -0.25) is 4.79 Å². The Balaban J connectivity index is 2.20. The van der Waals surface area contributed by atoms with Gasteiger partial charge in [-0.15, -0.1) is 0 Å². The van der Waals surface area contributed by atoms with Gasteiger partial charge >= 0.3 is 0 Å². The zero-order valence-corrected chi connectivity index (χ0v) is 13.1. The first-order valence-corrected chi connectivity index (χ1v) is 8.41. The number of hydrogen-bond acceptors (Lipinski definition) is 4. The summed E-state index contributed by atoms with van der Waals surface area (Å²) in [5.41, 5.74) is 0.445. The molecule has 116 valence electrons. The van der Waals surface area contributed by atoms with E-state index in [4.69, 9.17) is 0 Å². The molecule has 1 fully saturated rings. The third-order valence-electron chi connectivity index (χ3n) is 3.84. The number of carbonyl (C=O) groups is 1. The lowest BCUT2D eigenvalue weighted by atomic mass is 10.1. The molecule has 0 saturated carbocycles. The minimum atomic E-state index is -3.51. The third-order valence-corrected chi connectivity index (χ3v) is 5.77. The molecule has 0 aromatic heterocycles. The Labute approximate surface area is 125 Å². The number of benzene rings is 1. The van der Waals surface area contributed by atoms with Crippen LogP contribution in [0.25, 0.3) is 0 Å². The van der Waals surface area contributed by atoms with Crippen molar-refractivity contribution in [2.75, 3.05) is 27.2 Å². The summed E-state index contributed by atoms with van der Waals surface area (Å²) in [6, 6.07) is 6.05. The maximum absolute atomic E-state index is 12.6. The molecule has 0 aliphatic carbocycles. The molecule has 21 heavy (non-hydrogen) atoms. The summed E-state index contributed by atoms with van der Waals surface area (Å²) in [5, 5.41) is 5.73. The molecule has 1 aliphatic heterocycles. The van der Waals surface area contributed by atoms with Gasteiger partial charge in [-0.2, -0.15) is 4.31 Å². The van der Waals surface area contributed by atoms with Crippen LogP contribution in [0.4, 0.5) is 0 Å². The zero-order chi connectivity index (χ0) is 15.5. The van der Waals surface area contributed by atoms with Crippen molar-refractivity contribution in [3.05, 3.63) is 29.8 Å². The predicted octanol–water partition coefficient (Wildman–Crippen LogP) is 0.419. The topological polar surface area (TPSA) is 78.5 Å². The largest absolute Gasteiger partial charge is 0.355 e. The average molecular weight is 311 g/mol. The Morgan fingerprint density at radius 2 is 1.81 bits per heavy atom. The molecule has 0 bridgehead atoms. The number of amides is 1. The van der Waals surface area contributed by atoms with E-state index in [-0.39, 0.29) is 16.8 Å². The van der Waals surface area contributed by atoms with Crippen molar-refractivity contribution >= 4 is 15.9 Å². The lowest BCUT2D eigenvalue weighted by Gasteiger charge is -2.30. The Bertz CT molecular complexity index is 592. The van der Waals surface area contributed by atoms with Gasteiger partial charge in [0, 0.05) is 25.7 Å². The molecule has 1 heterocycles. The lowest BCUT2D eigenvalue weighted by molar-refractivity contribution is 0.0963. The Kier molecular flexibility index (Phi) is 4.97. The molecule has 1 aliphatic rings. The molecule has 7 heteroatoms. The van der Waals surface area contributed by atoms with Crippen molar-refractivity contribution < 1.29 is 13.2 Å². The molecule has 0 spiro atoms. The van der Waals surface area contributed by atoms with Crippen molar-refractivity contribution in [2.45, 2.75) is 23.8 Å². The second-order valence-electron chi connectivity index (χ2n) is 5.11. The monoisotopic (exact) mass is 311 g/mol. The highest BCUT2D eigenvalue weighted by molar-refractivity contribution is 7.89. The van der Waals surface area contributed by atoms with Crippen LogP contribution in [0.5, 0.6) is 0 Å². The van der Waals surface area contributed by atoms with Crippen molar-refractivity contribution in [2.24, 2.45) is 0 Å². The van der Waals surface area contributed by atoms with E-state index in [1.165, 1.54) is 35.6 Å². The standard InChI is InChI=1S/C14H21N3O3S/c1-15-14(18)11-3-5-13(6-4-11)21(19,20)17(2)12-7-9-16-10-8-12/h3-6,12,16H,7-10H2,1-2H3,(H,15,18). The number of rotatable bonds is 4. The van der Waals surface area contributed by atoms with Crippen LogP contribution in [0.15, 0.2) is 29.2 Å². The summed E-state index contributed by atoms with van der Waals surface area (Å²) in [5.74, 6) is -0.231. The highest BCUT2D eigenvalue weighted by Crippen LogP contribution is 2.21. The van der Waals surface area contributed by atoms with Gasteiger partial charge in [0.05, 0.1) is 4.90 Å². The van der Waals surface area contributed by atoms with E-state index < -0.39 is 10.0 Å². The van der Waals surface area contributed by atoms with Gasteiger partial charge in [-0.05, 0) is 50.2 Å². The minimum absolute atomic E-state index is 0.0230. The number of nitrogens with zero attached hydrogens (tertiary/aromatic N) is 1. The van der Waals surface area contributed by atoms with E-state index in [0.29, 0.717) is 5.56 Å². The number of piperidine rings is 1. The summed E-state index contributed by atoms with van der Waals surface area (Å²) >= 11 is 0. The average Bonchev–Trinajstić information content (AvgIpc) is 2.54. The van der Waals surface area contributed by atoms with Crippen LogP contribution in [-0.4, -0.2) is 51.9 Å². The Morgan fingerprint density at radius 1 is 1.24 bits per heavy atom. The number of sulfonamides is 1. The van der Waals surface area contributed by atoms with Crippen molar-refractivity contribution in [3.8, 4) is 0 Å². The fraction of sp³-hybridized carbons (Fsp3) is 0.500. The second-order valence-corrected chi connectivity index (χ2v) is 7.10. The van der Waals surface area contributed by atoms with E-state index in [1.807, 2.05) is 0 Å². The van der Waals surface area contributed by atoms with Gasteiger partial charge < -0.3 is 10.6 Å². The maximum atomic E-state index is 12.6. The zero-order valence-electron chi connectivity index (χ0n) is 12.3. The molecule has 0 unspecified atom stereocenters. The van der Waals surface area contributed by atoms with Crippen LogP contribution in [0.2, 0.25) is 0 Å². The SMILES string of the molecule is CNC(=O)c1ccc(S(=O)(=O)N(C)C2CCNCC2)cc1. The summed E-state index contributed by atoms with van der Waals surface area (Å²) in [6.07, 6.45) is 1.62. The van der Waals surface area contributed by atoms with Crippen LogP contribution >= 0.6 is 0 Å². The quantitative estimate of drug-likeness (QED) is 0.845. The Hall–Kier alpha value is -1.44. The van der Waals surface area contributed by atoms with Crippen molar-refractivity contribution in [1.82, 2.24) is 14.9 Å². The van der Waals surface area contributed by atoms with Gasteiger partial charge in [0.2, 0.25) is 10.0 Å². The number of carbonyl (C=O) groups excluding carboxylic acids is 1. The van der Waals surface area contributed by atoms with E-state index in [9.17, 15) is 13.2 Å². The summed E-state index contributed by atoms with van der Waals surface area (Å²) in [7, 11) is -0.351. The van der Waals surface area contributed by atoms with Crippen LogP contribution in [0, 0.1) is 0 Å². The maximum Gasteiger partial charge on any atom is 0.251 e. The van der Waals surface area contributed by atoms with Crippen LogP contribution < -0.4 is 10.6 Å². The van der Waals surface area contributed by atoms with Gasteiger partial charge in [0.1, 0.15) is 0 Å². The van der Waals surface area contributed by atoms with Gasteiger partial charge in [0.15, 0.2) is 0 Å². The highest BCUT2D eigenvalue weighted by atomic mass is 32.2. The molecule has 0 atom stereocenters. The third kappa shape index (κ3) is 3.42. The minimum Gasteiger partial charge on any atom is -0.355 e. The van der Waals surface area contributed by atoms with Gasteiger partial charge in [0.25, 0.3) is 5.91 Å². The molecular formula is C14H21N3O3S. The van der Waals surface area contributed by atoms with E-state index in [2.05, 4.69) is 10.6 Å². The van der Waals surface area contributed by atoms with Crippen molar-refractivity contribution in [1.29, 1.82) is 0 Å². The molecule has 0 radical (unpaired) electrons. The normalized spacial score (nSPS) is 16.9. The van der Waals surface area contributed by atoms with Crippen LogP contribution in [0.3, 0.4) is 0 Å². The first kappa shape index (κ1) is 15.9. The molecule has 2 N–H and O–H groups in total. The molecule has 6 nitrogen and oxygen atoms in total. The van der Waals surface area contributed by atoms with E-state index in [0.717, 1.165) is 25.9 Å². The lowest BCUT2D eigenvalue weighted by Crippen LogP contribution is -2.43. The summed E-state index contributed by atoms with van der Waals surface area (Å²) in [6.45, 7) is 1.67. The summed E-state index contributed by atoms with van der Waals surface area (Å²) < 4.78 is 26.6. The highest BCUT2D eigenvalue weighted by Gasteiger charge is 2.28. The molecule has 1 saturated heterocycles.